The summed E-state index contributed by atoms with van der Waals surface area (Å²) in [5, 5.41) is 22.3. The van der Waals surface area contributed by atoms with Crippen LogP contribution in [0.5, 0.6) is 0 Å². The van der Waals surface area contributed by atoms with Gasteiger partial charge in [0, 0.05) is 12.8 Å². The van der Waals surface area contributed by atoms with Crippen molar-refractivity contribution in [3.05, 3.63) is 24.3 Å². The molecule has 2 amide bonds. The molecule has 0 radical (unpaired) electrons. The molecule has 0 aromatic carbocycles. The topological polar surface area (TPSA) is 142 Å². The summed E-state index contributed by atoms with van der Waals surface area (Å²) >= 11 is 0. The number of amides is 2. The van der Waals surface area contributed by atoms with E-state index < -0.39 is 24.5 Å². The maximum absolute atomic E-state index is 12.4. The fourth-order valence-electron chi connectivity index (χ4n) is 3.98. The molecule has 0 saturated heterocycles. The number of hydrogen-bond donors (Lipinski definition) is 4. The molecule has 0 heterocycles. The number of rotatable bonds is 26. The van der Waals surface area contributed by atoms with Crippen LogP contribution >= 0.6 is 0 Å². The predicted molar refractivity (Wildman–Crippen MR) is 158 cm³/mol. The van der Waals surface area contributed by atoms with Gasteiger partial charge in [0.2, 0.25) is 11.8 Å². The lowest BCUT2D eigenvalue weighted by Crippen LogP contribution is -2.47. The number of unbranched alkanes of at least 4 members (excludes halogenated alkanes) is 10. The van der Waals surface area contributed by atoms with Crippen molar-refractivity contribution in [2.45, 2.75) is 135 Å². The average Bonchev–Trinajstić information content (AvgIpc) is 2.93. The first kappa shape index (κ1) is 37.3. The predicted octanol–water partition coefficient (Wildman–Crippen LogP) is 5.36. The molecule has 4 N–H and O–H groups in total. The Kier molecular flexibility index (Phi) is 24.8. The number of carbonyl (C=O) groups is 4. The monoisotopic (exact) mass is 566 g/mol. The summed E-state index contributed by atoms with van der Waals surface area (Å²) in [7, 11) is 0. The van der Waals surface area contributed by atoms with Crippen LogP contribution in [-0.2, 0) is 23.9 Å². The molecule has 0 rings (SSSR count). The summed E-state index contributed by atoms with van der Waals surface area (Å²) < 4.78 is 5.74. The van der Waals surface area contributed by atoms with Crippen molar-refractivity contribution in [2.75, 3.05) is 13.2 Å². The molecule has 0 aromatic rings. The first-order valence-electron chi connectivity index (χ1n) is 15.2. The van der Waals surface area contributed by atoms with Crippen molar-refractivity contribution in [2.24, 2.45) is 0 Å². The van der Waals surface area contributed by atoms with Gasteiger partial charge in [-0.2, -0.15) is 0 Å². The quantitative estimate of drug-likeness (QED) is 0.0627. The van der Waals surface area contributed by atoms with Gasteiger partial charge in [0.05, 0.1) is 13.2 Å². The van der Waals surface area contributed by atoms with Gasteiger partial charge >= 0.3 is 11.9 Å². The molecule has 0 aliphatic carbocycles. The van der Waals surface area contributed by atoms with Crippen molar-refractivity contribution in [3.63, 3.8) is 0 Å². The largest absolute Gasteiger partial charge is 0.480 e. The van der Waals surface area contributed by atoms with Crippen LogP contribution in [0.15, 0.2) is 24.3 Å². The van der Waals surface area contributed by atoms with E-state index in [1.165, 1.54) is 19.3 Å². The van der Waals surface area contributed by atoms with Crippen LogP contribution in [0.4, 0.5) is 0 Å². The highest BCUT2D eigenvalue weighted by Gasteiger charge is 2.18. The van der Waals surface area contributed by atoms with Crippen LogP contribution in [-0.4, -0.2) is 59.3 Å². The molecular formula is C31H54N2O7. The number of ether oxygens (including phenoxy) is 1. The van der Waals surface area contributed by atoms with Crippen LogP contribution in [0.2, 0.25) is 0 Å². The van der Waals surface area contributed by atoms with Gasteiger partial charge in [0.15, 0.2) is 0 Å². The standard InChI is InChI=1S/C31H54N2O7/c1-3-5-7-8-9-10-11-12-13-19-23-30(37)40-26(20-16-6-4-2)21-17-14-15-18-22-28(35)32-24-29(36)33-27(25-34)31(38)39/h7-8,16,20,26-27,34H,3-6,9-15,17-19,21-25H2,1-2H3,(H,32,35)(H,33,36)(H,38,39)/b8-7-,20-16-. The van der Waals surface area contributed by atoms with Crippen molar-refractivity contribution in [1.82, 2.24) is 10.6 Å². The van der Waals surface area contributed by atoms with Crippen molar-refractivity contribution >= 4 is 23.8 Å². The lowest BCUT2D eigenvalue weighted by atomic mass is 10.1. The molecule has 0 spiro atoms. The number of allylic oxidation sites excluding steroid dienone is 3. The van der Waals surface area contributed by atoms with E-state index in [1.54, 1.807) is 0 Å². The first-order chi connectivity index (χ1) is 19.3. The lowest BCUT2D eigenvalue weighted by Gasteiger charge is -2.15. The first-order valence-corrected chi connectivity index (χ1v) is 15.2. The van der Waals surface area contributed by atoms with E-state index in [9.17, 15) is 19.2 Å². The number of hydrogen-bond acceptors (Lipinski definition) is 6. The molecule has 0 aliphatic heterocycles. The fourth-order valence-corrected chi connectivity index (χ4v) is 3.98. The number of carboxylic acid groups (broad SMARTS) is 1. The molecule has 0 fully saturated rings. The van der Waals surface area contributed by atoms with E-state index in [-0.39, 0.29) is 30.9 Å². The van der Waals surface area contributed by atoms with Gasteiger partial charge in [-0.3, -0.25) is 14.4 Å². The highest BCUT2D eigenvalue weighted by atomic mass is 16.5. The number of aliphatic carboxylic acids is 1. The van der Waals surface area contributed by atoms with Gasteiger partial charge < -0.3 is 25.6 Å². The third kappa shape index (κ3) is 23.2. The van der Waals surface area contributed by atoms with E-state index in [4.69, 9.17) is 14.9 Å². The molecule has 40 heavy (non-hydrogen) atoms. The Hall–Kier alpha value is -2.68. The summed E-state index contributed by atoms with van der Waals surface area (Å²) in [6.45, 7) is 3.24. The van der Waals surface area contributed by atoms with Crippen LogP contribution in [0.1, 0.15) is 123 Å². The minimum Gasteiger partial charge on any atom is -0.480 e. The minimum absolute atomic E-state index is 0.136. The molecule has 0 aliphatic rings. The summed E-state index contributed by atoms with van der Waals surface area (Å²) in [6, 6.07) is -1.39. The van der Waals surface area contributed by atoms with Gasteiger partial charge in [-0.1, -0.05) is 77.0 Å². The zero-order valence-corrected chi connectivity index (χ0v) is 24.8. The summed E-state index contributed by atoms with van der Waals surface area (Å²) in [4.78, 5) is 46.8. The third-order valence-electron chi connectivity index (χ3n) is 6.37. The van der Waals surface area contributed by atoms with Gasteiger partial charge in [-0.25, -0.2) is 4.79 Å². The molecule has 2 atom stereocenters. The number of aliphatic hydroxyl groups is 1. The van der Waals surface area contributed by atoms with E-state index in [2.05, 4.69) is 42.7 Å². The van der Waals surface area contributed by atoms with Crippen molar-refractivity contribution in [1.29, 1.82) is 0 Å². The number of aliphatic hydroxyl groups excluding tert-OH is 1. The second-order valence-corrected chi connectivity index (χ2v) is 10.2. The summed E-state index contributed by atoms with van der Waals surface area (Å²) in [5.41, 5.74) is 0. The van der Waals surface area contributed by atoms with E-state index in [0.29, 0.717) is 12.8 Å². The van der Waals surface area contributed by atoms with E-state index in [1.807, 2.05) is 6.08 Å². The second-order valence-electron chi connectivity index (χ2n) is 10.2. The second kappa shape index (κ2) is 26.5. The Morgan fingerprint density at radius 3 is 2.02 bits per heavy atom. The van der Waals surface area contributed by atoms with Crippen molar-refractivity contribution in [3.8, 4) is 0 Å². The zero-order valence-electron chi connectivity index (χ0n) is 24.8. The highest BCUT2D eigenvalue weighted by Crippen LogP contribution is 2.14. The minimum atomic E-state index is -1.39. The number of carbonyl (C=O) groups excluding carboxylic acids is 3. The Morgan fingerprint density at radius 2 is 1.35 bits per heavy atom. The van der Waals surface area contributed by atoms with Gasteiger partial charge in [0.1, 0.15) is 12.1 Å². The number of esters is 1. The van der Waals surface area contributed by atoms with Gasteiger partial charge in [-0.05, 0) is 57.4 Å². The van der Waals surface area contributed by atoms with Gasteiger partial charge in [0.25, 0.3) is 0 Å². The lowest BCUT2D eigenvalue weighted by molar-refractivity contribution is -0.147. The molecule has 230 valence electrons. The zero-order chi connectivity index (χ0) is 29.8. The fraction of sp³-hybridized carbons (Fsp3) is 0.742. The van der Waals surface area contributed by atoms with Crippen LogP contribution < -0.4 is 10.6 Å². The normalized spacial score (nSPS) is 12.9. The highest BCUT2D eigenvalue weighted by molar-refractivity contribution is 5.87. The summed E-state index contributed by atoms with van der Waals surface area (Å²) in [5.74, 6) is -2.43. The third-order valence-corrected chi connectivity index (χ3v) is 6.37. The molecule has 0 aromatic heterocycles. The Labute approximate surface area is 241 Å². The van der Waals surface area contributed by atoms with Crippen LogP contribution in [0.3, 0.4) is 0 Å². The van der Waals surface area contributed by atoms with Crippen LogP contribution in [0, 0.1) is 0 Å². The molecule has 9 nitrogen and oxygen atoms in total. The smallest absolute Gasteiger partial charge is 0.328 e. The average molecular weight is 567 g/mol. The Bertz CT molecular complexity index is 752. The maximum atomic E-state index is 12.4. The molecule has 2 unspecified atom stereocenters. The van der Waals surface area contributed by atoms with Gasteiger partial charge in [-0.15, -0.1) is 0 Å². The maximum Gasteiger partial charge on any atom is 0.328 e. The molecule has 0 bridgehead atoms. The van der Waals surface area contributed by atoms with E-state index in [0.717, 1.165) is 70.6 Å². The molecular weight excluding hydrogens is 512 g/mol. The molecule has 0 saturated carbocycles. The molecule has 9 heteroatoms. The number of carboxylic acids is 1. The summed E-state index contributed by atoms with van der Waals surface area (Å²) in [6.07, 6.45) is 24.1. The Balaban J connectivity index is 4.09. The SMILES string of the molecule is CCC/C=C\CCCCCCCC(=O)OC(/C=C\CCC)CCCCCCC(=O)NCC(=O)NC(CO)C(=O)O. The van der Waals surface area contributed by atoms with Crippen LogP contribution in [0.25, 0.3) is 0 Å². The van der Waals surface area contributed by atoms with Crippen molar-refractivity contribution < 1.29 is 34.1 Å². The Morgan fingerprint density at radius 1 is 0.750 bits per heavy atom. The number of nitrogens with one attached hydrogen (secondary N) is 2. The van der Waals surface area contributed by atoms with E-state index >= 15 is 0 Å².